The molecule has 0 heterocycles. The molecule has 0 saturated carbocycles. The Kier molecular flexibility index (Phi) is 6.29. The lowest BCUT2D eigenvalue weighted by Gasteiger charge is -2.17. The maximum Gasteiger partial charge on any atom is 0.390 e. The van der Waals surface area contributed by atoms with E-state index in [9.17, 15) is 18.0 Å². The summed E-state index contributed by atoms with van der Waals surface area (Å²) in [5.41, 5.74) is 6.43. The molecule has 21 heavy (non-hydrogen) atoms. The van der Waals surface area contributed by atoms with Gasteiger partial charge in [-0.15, -0.1) is 0 Å². The van der Waals surface area contributed by atoms with Crippen LogP contribution in [0.4, 0.5) is 24.5 Å². The minimum atomic E-state index is -4.19. The molecule has 0 aliphatic heterocycles. The van der Waals surface area contributed by atoms with E-state index in [-0.39, 0.29) is 25.4 Å². The Morgan fingerprint density at radius 3 is 2.62 bits per heavy atom. The van der Waals surface area contributed by atoms with Gasteiger partial charge in [0, 0.05) is 25.2 Å². The fourth-order valence-electron chi connectivity index (χ4n) is 1.57. The molecule has 0 aliphatic rings. The molecule has 0 bridgehead atoms. The second kappa shape index (κ2) is 7.51. The van der Waals surface area contributed by atoms with Crippen molar-refractivity contribution in [3.63, 3.8) is 0 Å². The molecule has 0 atom stereocenters. The van der Waals surface area contributed by atoms with Crippen LogP contribution in [0.2, 0.25) is 5.02 Å². The molecule has 0 unspecified atom stereocenters. The summed E-state index contributed by atoms with van der Waals surface area (Å²) in [4.78, 5) is 13.2. The van der Waals surface area contributed by atoms with E-state index < -0.39 is 12.6 Å². The van der Waals surface area contributed by atoms with Crippen LogP contribution in [0.1, 0.15) is 12.8 Å². The van der Waals surface area contributed by atoms with Crippen molar-refractivity contribution in [3.8, 4) is 0 Å². The summed E-state index contributed by atoms with van der Waals surface area (Å²) in [5.74, 6) is -0.319. The van der Waals surface area contributed by atoms with Crippen LogP contribution in [0.15, 0.2) is 18.2 Å². The lowest BCUT2D eigenvalue weighted by atomic mass is 10.2. The lowest BCUT2D eigenvalue weighted by molar-refractivity contribution is -0.137. The quantitative estimate of drug-likeness (QED) is 0.791. The van der Waals surface area contributed by atoms with E-state index in [2.05, 4.69) is 5.32 Å². The molecule has 118 valence electrons. The Hall–Kier alpha value is -1.47. The molecule has 0 aliphatic carbocycles. The number of halogens is 4. The average Bonchev–Trinajstić information content (AvgIpc) is 2.36. The van der Waals surface area contributed by atoms with Crippen molar-refractivity contribution in [3.05, 3.63) is 23.2 Å². The highest BCUT2D eigenvalue weighted by molar-refractivity contribution is 6.34. The molecule has 1 aromatic rings. The molecule has 3 N–H and O–H groups in total. The van der Waals surface area contributed by atoms with Gasteiger partial charge in [0.15, 0.2) is 0 Å². The molecule has 1 amide bonds. The molecule has 1 aromatic carbocycles. The van der Waals surface area contributed by atoms with Crippen LogP contribution in [0.5, 0.6) is 0 Å². The summed E-state index contributed by atoms with van der Waals surface area (Å²) in [7, 11) is 1.54. The van der Waals surface area contributed by atoms with Gasteiger partial charge in [0.25, 0.3) is 0 Å². The Balaban J connectivity index is 2.37. The van der Waals surface area contributed by atoms with Gasteiger partial charge in [-0.25, -0.2) is 0 Å². The zero-order valence-corrected chi connectivity index (χ0v) is 12.3. The maximum atomic E-state index is 12.0. The number of amides is 1. The van der Waals surface area contributed by atoms with Crippen molar-refractivity contribution in [1.29, 1.82) is 0 Å². The van der Waals surface area contributed by atoms with Gasteiger partial charge in [-0.05, 0) is 25.2 Å². The molecular formula is C13H17ClF3N3O. The van der Waals surface area contributed by atoms with Gasteiger partial charge in [-0.1, -0.05) is 11.6 Å². The van der Waals surface area contributed by atoms with Gasteiger partial charge in [0.05, 0.1) is 17.1 Å². The molecule has 0 radical (unpaired) electrons. The molecule has 0 fully saturated rings. The first-order valence-electron chi connectivity index (χ1n) is 6.27. The number of carbonyl (C=O) groups excluding carboxylic acids is 1. The molecule has 1 rings (SSSR count). The van der Waals surface area contributed by atoms with E-state index >= 15 is 0 Å². The number of nitrogens with two attached hydrogens (primary N) is 1. The number of alkyl halides is 3. The third-order valence-electron chi connectivity index (χ3n) is 2.76. The first-order valence-corrected chi connectivity index (χ1v) is 6.65. The molecule has 0 aromatic heterocycles. The fourth-order valence-corrected chi connectivity index (χ4v) is 1.80. The molecule has 0 spiro atoms. The minimum absolute atomic E-state index is 0.0784. The number of nitrogens with zero attached hydrogens (tertiary/aromatic N) is 1. The van der Waals surface area contributed by atoms with E-state index in [4.69, 9.17) is 17.3 Å². The van der Waals surface area contributed by atoms with Gasteiger partial charge in [0.2, 0.25) is 5.91 Å². The smallest absolute Gasteiger partial charge is 0.390 e. The van der Waals surface area contributed by atoms with E-state index in [1.54, 1.807) is 12.1 Å². The summed E-state index contributed by atoms with van der Waals surface area (Å²) in [5, 5.41) is 2.90. The summed E-state index contributed by atoms with van der Waals surface area (Å²) in [6.45, 7) is 0.0912. The second-order valence-electron chi connectivity index (χ2n) is 4.71. The van der Waals surface area contributed by atoms with E-state index in [0.717, 1.165) is 0 Å². The van der Waals surface area contributed by atoms with Crippen LogP contribution in [0, 0.1) is 0 Å². The monoisotopic (exact) mass is 323 g/mol. The zero-order chi connectivity index (χ0) is 16.0. The number of nitrogens with one attached hydrogen (secondary N) is 1. The fraction of sp³-hybridized carbons (Fsp3) is 0.462. The second-order valence-corrected chi connectivity index (χ2v) is 5.11. The van der Waals surface area contributed by atoms with Gasteiger partial charge < -0.3 is 16.0 Å². The standard InChI is InChI=1S/C13H17ClF3N3O/c1-20(7-5-13(15,16)17)6-4-12(21)19-11-3-2-9(18)8-10(11)14/h2-3,8H,4-7,18H2,1H3,(H,19,21). The van der Waals surface area contributed by atoms with Crippen LogP contribution < -0.4 is 11.1 Å². The van der Waals surface area contributed by atoms with Crippen LogP contribution in [-0.4, -0.2) is 37.1 Å². The van der Waals surface area contributed by atoms with Gasteiger partial charge >= 0.3 is 6.18 Å². The van der Waals surface area contributed by atoms with E-state index in [1.807, 2.05) is 0 Å². The first kappa shape index (κ1) is 17.6. The SMILES string of the molecule is CN(CCC(=O)Nc1ccc(N)cc1Cl)CCC(F)(F)F. The zero-order valence-electron chi connectivity index (χ0n) is 11.5. The predicted octanol–water partition coefficient (Wildman–Crippen LogP) is 3.14. The Bertz CT molecular complexity index is 494. The predicted molar refractivity (Wildman–Crippen MR) is 77.3 cm³/mol. The Morgan fingerprint density at radius 1 is 1.38 bits per heavy atom. The highest BCUT2D eigenvalue weighted by atomic mass is 35.5. The van der Waals surface area contributed by atoms with Crippen LogP contribution in [-0.2, 0) is 4.79 Å². The van der Waals surface area contributed by atoms with Crippen molar-refractivity contribution in [2.75, 3.05) is 31.2 Å². The molecule has 8 heteroatoms. The number of nitrogen functional groups attached to an aromatic ring is 1. The van der Waals surface area contributed by atoms with Crippen LogP contribution in [0.25, 0.3) is 0 Å². The third kappa shape index (κ3) is 7.19. The number of anilines is 2. The Labute approximate surface area is 126 Å². The topological polar surface area (TPSA) is 58.4 Å². The van der Waals surface area contributed by atoms with Gasteiger partial charge in [-0.3, -0.25) is 4.79 Å². The maximum absolute atomic E-state index is 12.0. The summed E-state index contributed by atoms with van der Waals surface area (Å²) in [6, 6.07) is 4.67. The average molecular weight is 324 g/mol. The summed E-state index contributed by atoms with van der Waals surface area (Å²) < 4.78 is 36.1. The number of rotatable bonds is 6. The highest BCUT2D eigenvalue weighted by Crippen LogP contribution is 2.24. The minimum Gasteiger partial charge on any atom is -0.399 e. The summed E-state index contributed by atoms with van der Waals surface area (Å²) in [6.07, 6.45) is -5.00. The van der Waals surface area contributed by atoms with Gasteiger partial charge in [0.1, 0.15) is 0 Å². The van der Waals surface area contributed by atoms with Crippen molar-refractivity contribution in [2.24, 2.45) is 0 Å². The molecule has 4 nitrogen and oxygen atoms in total. The highest BCUT2D eigenvalue weighted by Gasteiger charge is 2.27. The van der Waals surface area contributed by atoms with Crippen molar-refractivity contribution < 1.29 is 18.0 Å². The lowest BCUT2D eigenvalue weighted by Crippen LogP contribution is -2.28. The first-order chi connectivity index (χ1) is 9.67. The third-order valence-corrected chi connectivity index (χ3v) is 3.08. The molecular weight excluding hydrogens is 307 g/mol. The van der Waals surface area contributed by atoms with Gasteiger partial charge in [-0.2, -0.15) is 13.2 Å². The van der Waals surface area contributed by atoms with E-state index in [1.165, 1.54) is 18.0 Å². The van der Waals surface area contributed by atoms with Crippen molar-refractivity contribution in [1.82, 2.24) is 4.90 Å². The number of benzene rings is 1. The normalized spacial score (nSPS) is 11.7. The number of hydrogen-bond donors (Lipinski definition) is 2. The Morgan fingerprint density at radius 2 is 2.05 bits per heavy atom. The summed E-state index contributed by atoms with van der Waals surface area (Å²) >= 11 is 5.91. The molecule has 0 saturated heterocycles. The number of hydrogen-bond acceptors (Lipinski definition) is 3. The van der Waals surface area contributed by atoms with E-state index in [0.29, 0.717) is 16.4 Å². The number of carbonyl (C=O) groups is 1. The van der Waals surface area contributed by atoms with Crippen molar-refractivity contribution >= 4 is 28.9 Å². The van der Waals surface area contributed by atoms with Crippen LogP contribution >= 0.6 is 11.6 Å². The van der Waals surface area contributed by atoms with Crippen molar-refractivity contribution in [2.45, 2.75) is 19.0 Å². The van der Waals surface area contributed by atoms with Crippen LogP contribution in [0.3, 0.4) is 0 Å². The largest absolute Gasteiger partial charge is 0.399 e.